The molecule has 0 radical (unpaired) electrons. The minimum Gasteiger partial charge on any atom is -0.494 e. The number of carbonyl (C=O) groups is 1. The second-order valence-corrected chi connectivity index (χ2v) is 5.55. The quantitative estimate of drug-likeness (QED) is 0.601. The van der Waals surface area contributed by atoms with Crippen LogP contribution in [0.5, 0.6) is 11.5 Å². The predicted molar refractivity (Wildman–Crippen MR) is 91.1 cm³/mol. The Balaban J connectivity index is 1.73. The van der Waals surface area contributed by atoms with Crippen LogP contribution in [0.2, 0.25) is 0 Å². The predicted octanol–water partition coefficient (Wildman–Crippen LogP) is 4.52. The van der Waals surface area contributed by atoms with Crippen LogP contribution in [-0.4, -0.2) is 19.0 Å². The van der Waals surface area contributed by atoms with Crippen molar-refractivity contribution in [3.63, 3.8) is 0 Å². The van der Waals surface area contributed by atoms with Gasteiger partial charge < -0.3 is 9.47 Å². The average molecular weight is 308 g/mol. The molecule has 3 heteroatoms. The van der Waals surface area contributed by atoms with Gasteiger partial charge in [-0.05, 0) is 42.3 Å². The molecule has 0 saturated heterocycles. The molecule has 0 fully saturated rings. The van der Waals surface area contributed by atoms with Gasteiger partial charge in [-0.2, -0.15) is 0 Å². The average Bonchev–Trinajstić information content (AvgIpc) is 2.59. The highest BCUT2D eigenvalue weighted by molar-refractivity contribution is 6.14. The van der Waals surface area contributed by atoms with E-state index in [-0.39, 0.29) is 5.78 Å². The van der Waals surface area contributed by atoms with E-state index in [9.17, 15) is 4.79 Å². The number of carbonyl (C=O) groups excluding carboxylic acids is 1. The van der Waals surface area contributed by atoms with Crippen LogP contribution < -0.4 is 9.47 Å². The highest BCUT2D eigenvalue weighted by Crippen LogP contribution is 2.27. The first-order chi connectivity index (χ1) is 11.3. The first-order valence-corrected chi connectivity index (χ1v) is 7.98. The second-order valence-electron chi connectivity index (χ2n) is 5.55. The molecule has 0 amide bonds. The summed E-state index contributed by atoms with van der Waals surface area (Å²) in [6.45, 7) is 3.19. The van der Waals surface area contributed by atoms with Crippen LogP contribution in [0.15, 0.2) is 54.1 Å². The van der Waals surface area contributed by atoms with Gasteiger partial charge in [-0.25, -0.2) is 0 Å². The van der Waals surface area contributed by atoms with E-state index in [2.05, 4.69) is 6.92 Å². The highest BCUT2D eigenvalue weighted by Gasteiger charge is 2.22. The lowest BCUT2D eigenvalue weighted by atomic mass is 9.98. The fourth-order valence-corrected chi connectivity index (χ4v) is 2.48. The Morgan fingerprint density at radius 3 is 2.70 bits per heavy atom. The van der Waals surface area contributed by atoms with Crippen molar-refractivity contribution in [1.82, 2.24) is 0 Å². The summed E-state index contributed by atoms with van der Waals surface area (Å²) in [5, 5.41) is 0. The maximum atomic E-state index is 12.5. The van der Waals surface area contributed by atoms with Gasteiger partial charge >= 0.3 is 0 Å². The fraction of sp³-hybridized carbons (Fsp3) is 0.250. The van der Waals surface area contributed by atoms with Crippen molar-refractivity contribution in [1.29, 1.82) is 0 Å². The van der Waals surface area contributed by atoms with Crippen LogP contribution in [-0.2, 0) is 0 Å². The molecule has 0 bridgehead atoms. The summed E-state index contributed by atoms with van der Waals surface area (Å²) in [7, 11) is 0. The molecule has 0 saturated carbocycles. The zero-order valence-electron chi connectivity index (χ0n) is 13.2. The molecule has 2 aromatic rings. The number of Topliss-reactive ketones (excluding diaryl/α,β-unsaturated/α-hetero) is 1. The maximum absolute atomic E-state index is 12.5. The molecule has 1 aliphatic rings. The van der Waals surface area contributed by atoms with E-state index in [4.69, 9.17) is 9.47 Å². The molecule has 0 spiro atoms. The van der Waals surface area contributed by atoms with E-state index in [0.717, 1.165) is 30.8 Å². The Morgan fingerprint density at radius 2 is 1.91 bits per heavy atom. The molecule has 0 aliphatic carbocycles. The van der Waals surface area contributed by atoms with Gasteiger partial charge in [0.1, 0.15) is 18.1 Å². The van der Waals surface area contributed by atoms with Gasteiger partial charge in [0.2, 0.25) is 0 Å². The zero-order valence-corrected chi connectivity index (χ0v) is 13.2. The number of unbranched alkanes of at least 4 members (excludes halogenated alkanes) is 1. The molecule has 1 aliphatic heterocycles. The van der Waals surface area contributed by atoms with E-state index in [1.54, 1.807) is 6.07 Å². The van der Waals surface area contributed by atoms with Crippen molar-refractivity contribution in [2.24, 2.45) is 0 Å². The van der Waals surface area contributed by atoms with Gasteiger partial charge in [0, 0.05) is 5.57 Å². The Morgan fingerprint density at radius 1 is 1.13 bits per heavy atom. The smallest absolute Gasteiger partial charge is 0.196 e. The lowest BCUT2D eigenvalue weighted by molar-refractivity contribution is 0.100. The van der Waals surface area contributed by atoms with Gasteiger partial charge in [-0.15, -0.1) is 0 Å². The molecular formula is C20H20O3. The fourth-order valence-electron chi connectivity index (χ4n) is 2.48. The largest absolute Gasteiger partial charge is 0.494 e. The first-order valence-electron chi connectivity index (χ1n) is 7.98. The van der Waals surface area contributed by atoms with E-state index in [1.165, 1.54) is 0 Å². The number of ether oxygens (including phenoxy) is 2. The molecular weight excluding hydrogens is 288 g/mol. The molecule has 23 heavy (non-hydrogen) atoms. The summed E-state index contributed by atoms with van der Waals surface area (Å²) < 4.78 is 11.3. The van der Waals surface area contributed by atoms with Crippen LogP contribution >= 0.6 is 0 Å². The molecule has 0 aromatic heterocycles. The number of fused-ring (bicyclic) bond motifs is 1. The van der Waals surface area contributed by atoms with Crippen molar-refractivity contribution in [2.45, 2.75) is 19.8 Å². The van der Waals surface area contributed by atoms with Gasteiger partial charge in [-0.3, -0.25) is 4.79 Å². The highest BCUT2D eigenvalue weighted by atomic mass is 16.5. The van der Waals surface area contributed by atoms with Crippen LogP contribution in [0.25, 0.3) is 6.08 Å². The van der Waals surface area contributed by atoms with Crippen LogP contribution in [0.3, 0.4) is 0 Å². The number of benzene rings is 2. The third-order valence-corrected chi connectivity index (χ3v) is 3.79. The van der Waals surface area contributed by atoms with Crippen molar-refractivity contribution in [2.75, 3.05) is 13.2 Å². The Hall–Kier alpha value is -2.55. The minimum atomic E-state index is 0.0372. The van der Waals surface area contributed by atoms with Gasteiger partial charge in [-0.1, -0.05) is 37.6 Å². The molecule has 1 heterocycles. The van der Waals surface area contributed by atoms with Crippen LogP contribution in [0.1, 0.15) is 35.7 Å². The molecule has 118 valence electrons. The summed E-state index contributed by atoms with van der Waals surface area (Å²) >= 11 is 0. The second kappa shape index (κ2) is 7.14. The molecule has 2 aromatic carbocycles. The van der Waals surface area contributed by atoms with E-state index < -0.39 is 0 Å². The monoisotopic (exact) mass is 308 g/mol. The number of hydrogen-bond acceptors (Lipinski definition) is 3. The number of hydrogen-bond donors (Lipinski definition) is 0. The molecule has 0 atom stereocenters. The van der Waals surface area contributed by atoms with Crippen LogP contribution in [0.4, 0.5) is 0 Å². The minimum absolute atomic E-state index is 0.0372. The Kier molecular flexibility index (Phi) is 4.77. The lowest BCUT2D eigenvalue weighted by Crippen LogP contribution is -2.18. The third kappa shape index (κ3) is 3.62. The SMILES string of the molecule is CCCCOc1ccc(/C=C2\COc3ccccc3C2=O)cc1. The van der Waals surface area contributed by atoms with Gasteiger partial charge in [0.05, 0.1) is 12.2 Å². The summed E-state index contributed by atoms with van der Waals surface area (Å²) in [6, 6.07) is 15.1. The molecule has 3 nitrogen and oxygen atoms in total. The number of para-hydroxylation sites is 1. The number of ketones is 1. The Labute approximate surface area is 136 Å². The summed E-state index contributed by atoms with van der Waals surface area (Å²) in [5.41, 5.74) is 2.27. The summed E-state index contributed by atoms with van der Waals surface area (Å²) in [5.74, 6) is 1.56. The normalized spacial score (nSPS) is 15.2. The van der Waals surface area contributed by atoms with Gasteiger partial charge in [0.15, 0.2) is 5.78 Å². The topological polar surface area (TPSA) is 35.5 Å². The maximum Gasteiger partial charge on any atom is 0.196 e. The lowest BCUT2D eigenvalue weighted by Gasteiger charge is -2.18. The third-order valence-electron chi connectivity index (χ3n) is 3.79. The molecule has 3 rings (SSSR count). The van der Waals surface area contributed by atoms with Crippen molar-refractivity contribution in [3.05, 3.63) is 65.2 Å². The summed E-state index contributed by atoms with van der Waals surface area (Å²) in [6.07, 6.45) is 4.05. The van der Waals surface area contributed by atoms with Gasteiger partial charge in [0.25, 0.3) is 0 Å². The molecule has 0 unspecified atom stereocenters. The Bertz CT molecular complexity index is 714. The van der Waals surface area contributed by atoms with Crippen molar-refractivity contribution in [3.8, 4) is 11.5 Å². The zero-order chi connectivity index (χ0) is 16.1. The molecule has 0 N–H and O–H groups in total. The summed E-state index contributed by atoms with van der Waals surface area (Å²) in [4.78, 5) is 12.5. The standard InChI is InChI=1S/C20H20O3/c1-2-3-12-22-17-10-8-15(9-11-17)13-16-14-23-19-7-5-4-6-18(19)20(16)21/h4-11,13H,2-3,12,14H2,1H3/b16-13+. The van der Waals surface area contributed by atoms with E-state index in [0.29, 0.717) is 23.5 Å². The van der Waals surface area contributed by atoms with Crippen molar-refractivity contribution < 1.29 is 14.3 Å². The number of rotatable bonds is 5. The van der Waals surface area contributed by atoms with E-state index in [1.807, 2.05) is 48.5 Å². The van der Waals surface area contributed by atoms with Crippen LogP contribution in [0, 0.1) is 0 Å². The first kappa shape index (κ1) is 15.3. The van der Waals surface area contributed by atoms with E-state index >= 15 is 0 Å². The van der Waals surface area contributed by atoms with Crippen molar-refractivity contribution >= 4 is 11.9 Å².